The lowest BCUT2D eigenvalue weighted by atomic mass is 9.84. The summed E-state index contributed by atoms with van der Waals surface area (Å²) in [5.74, 6) is 0.624. The minimum Gasteiger partial charge on any atom is -0.207 e. The molecule has 1 heteroatoms. The number of rotatable bonds is 5. The van der Waals surface area contributed by atoms with Crippen LogP contribution >= 0.6 is 0 Å². The Morgan fingerprint density at radius 2 is 1.57 bits per heavy atom. The van der Waals surface area contributed by atoms with Gasteiger partial charge < -0.3 is 0 Å². The topological polar surface area (TPSA) is 0 Å². The predicted octanol–water partition coefficient (Wildman–Crippen LogP) is 6.64. The monoisotopic (exact) mass is 306 g/mol. The largest absolute Gasteiger partial charge is 0.207 e. The fraction of sp³-hybridized carbons (Fsp3) is 0.273. The van der Waals surface area contributed by atoms with Crippen LogP contribution in [-0.2, 0) is 0 Å². The van der Waals surface area contributed by atoms with Gasteiger partial charge in [-0.25, -0.2) is 4.39 Å². The van der Waals surface area contributed by atoms with Gasteiger partial charge >= 0.3 is 0 Å². The maximum absolute atomic E-state index is 13.0. The summed E-state index contributed by atoms with van der Waals surface area (Å²) in [6.07, 6.45) is 10.4. The Labute approximate surface area is 138 Å². The molecule has 0 heterocycles. The van der Waals surface area contributed by atoms with E-state index in [9.17, 15) is 4.39 Å². The van der Waals surface area contributed by atoms with Crippen LogP contribution in [0.5, 0.6) is 0 Å². The normalized spacial score (nSPS) is 17.6. The molecule has 0 bridgehead atoms. The predicted molar refractivity (Wildman–Crippen MR) is 96.6 cm³/mol. The summed E-state index contributed by atoms with van der Waals surface area (Å²) in [5.41, 5.74) is 4.97. The molecule has 1 aliphatic rings. The molecule has 1 atom stereocenters. The van der Waals surface area contributed by atoms with Crippen LogP contribution in [0.2, 0.25) is 0 Å². The van der Waals surface area contributed by atoms with E-state index in [1.54, 1.807) is 0 Å². The van der Waals surface area contributed by atoms with Gasteiger partial charge in [0.2, 0.25) is 0 Å². The molecule has 0 nitrogen and oxygen atoms in total. The SMILES string of the molecule is C=CCCC1CC=C(c2ccc(-c3ccc(F)cc3)cc2)CC1. The molecule has 23 heavy (non-hydrogen) atoms. The van der Waals surface area contributed by atoms with Crippen molar-refractivity contribution >= 4 is 5.57 Å². The molecule has 0 aromatic heterocycles. The van der Waals surface area contributed by atoms with Crippen LogP contribution in [0.1, 0.15) is 37.7 Å². The summed E-state index contributed by atoms with van der Waals surface area (Å²) in [4.78, 5) is 0. The smallest absolute Gasteiger partial charge is 0.123 e. The third kappa shape index (κ3) is 3.98. The molecule has 3 rings (SSSR count). The van der Waals surface area contributed by atoms with E-state index in [-0.39, 0.29) is 5.82 Å². The van der Waals surface area contributed by atoms with Crippen molar-refractivity contribution in [3.05, 3.63) is 78.6 Å². The number of allylic oxidation sites excluding steroid dienone is 3. The molecule has 1 unspecified atom stereocenters. The van der Waals surface area contributed by atoms with Crippen molar-refractivity contribution < 1.29 is 4.39 Å². The minimum atomic E-state index is -0.191. The van der Waals surface area contributed by atoms with Crippen LogP contribution in [0.4, 0.5) is 4.39 Å². The Morgan fingerprint density at radius 3 is 2.13 bits per heavy atom. The van der Waals surface area contributed by atoms with Gasteiger partial charge in [-0.2, -0.15) is 0 Å². The maximum atomic E-state index is 13.0. The van der Waals surface area contributed by atoms with Crippen LogP contribution in [0.3, 0.4) is 0 Å². The zero-order chi connectivity index (χ0) is 16.1. The molecule has 0 saturated heterocycles. The summed E-state index contributed by atoms with van der Waals surface area (Å²) >= 11 is 0. The van der Waals surface area contributed by atoms with Gasteiger partial charge in [0.05, 0.1) is 0 Å². The summed E-state index contributed by atoms with van der Waals surface area (Å²) in [6.45, 7) is 3.81. The highest BCUT2D eigenvalue weighted by Gasteiger charge is 2.14. The number of hydrogen-bond donors (Lipinski definition) is 0. The van der Waals surface area contributed by atoms with Gasteiger partial charge in [-0.3, -0.25) is 0 Å². The highest BCUT2D eigenvalue weighted by molar-refractivity contribution is 5.70. The zero-order valence-electron chi connectivity index (χ0n) is 13.5. The first-order valence-corrected chi connectivity index (χ1v) is 8.42. The average Bonchev–Trinajstić information content (AvgIpc) is 2.61. The Balaban J connectivity index is 1.69. The van der Waals surface area contributed by atoms with Crippen molar-refractivity contribution in [2.75, 3.05) is 0 Å². The van der Waals surface area contributed by atoms with Crippen LogP contribution < -0.4 is 0 Å². The molecule has 2 aromatic carbocycles. The van der Waals surface area contributed by atoms with Crippen molar-refractivity contribution in [3.8, 4) is 11.1 Å². The highest BCUT2D eigenvalue weighted by atomic mass is 19.1. The minimum absolute atomic E-state index is 0.191. The van der Waals surface area contributed by atoms with E-state index >= 15 is 0 Å². The maximum Gasteiger partial charge on any atom is 0.123 e. The summed E-state index contributed by atoms with van der Waals surface area (Å²) in [7, 11) is 0. The molecule has 0 radical (unpaired) electrons. The number of benzene rings is 2. The molecule has 0 amide bonds. The van der Waals surface area contributed by atoms with Crippen LogP contribution in [0, 0.1) is 11.7 Å². The molecule has 0 N–H and O–H groups in total. The lowest BCUT2D eigenvalue weighted by Gasteiger charge is -2.21. The van der Waals surface area contributed by atoms with Crippen molar-refractivity contribution in [2.45, 2.75) is 32.1 Å². The van der Waals surface area contributed by atoms with Gasteiger partial charge in [0.15, 0.2) is 0 Å². The van der Waals surface area contributed by atoms with Crippen molar-refractivity contribution in [1.82, 2.24) is 0 Å². The van der Waals surface area contributed by atoms with E-state index in [0.29, 0.717) is 0 Å². The fourth-order valence-corrected chi connectivity index (χ4v) is 3.29. The second-order valence-corrected chi connectivity index (χ2v) is 6.32. The van der Waals surface area contributed by atoms with Crippen molar-refractivity contribution in [3.63, 3.8) is 0 Å². The van der Waals surface area contributed by atoms with E-state index < -0.39 is 0 Å². The van der Waals surface area contributed by atoms with Gasteiger partial charge in [-0.1, -0.05) is 48.6 Å². The quantitative estimate of drug-likeness (QED) is 0.543. The Kier molecular flexibility index (Phi) is 5.07. The molecule has 0 saturated carbocycles. The standard InChI is InChI=1S/C22H23F/c1-2-3-4-17-5-7-18(8-6-17)19-9-11-20(12-10-19)21-13-15-22(23)16-14-21/h2,7,9-17H,1,3-6,8H2. The first-order chi connectivity index (χ1) is 11.3. The van der Waals surface area contributed by atoms with E-state index in [1.165, 1.54) is 42.5 Å². The van der Waals surface area contributed by atoms with Crippen LogP contribution in [0.25, 0.3) is 16.7 Å². The molecule has 1 aliphatic carbocycles. The number of hydrogen-bond acceptors (Lipinski definition) is 0. The molecule has 0 fully saturated rings. The van der Waals surface area contributed by atoms with Gasteiger partial charge in [0.1, 0.15) is 5.82 Å². The Morgan fingerprint density at radius 1 is 0.957 bits per heavy atom. The Bertz CT molecular complexity index is 677. The first kappa shape index (κ1) is 15.7. The van der Waals surface area contributed by atoms with E-state index in [0.717, 1.165) is 29.9 Å². The third-order valence-electron chi connectivity index (χ3n) is 4.73. The van der Waals surface area contributed by atoms with Crippen molar-refractivity contribution in [2.24, 2.45) is 5.92 Å². The van der Waals surface area contributed by atoms with Gasteiger partial charge in [-0.05, 0) is 72.4 Å². The zero-order valence-corrected chi connectivity index (χ0v) is 13.5. The average molecular weight is 306 g/mol. The molecule has 0 aliphatic heterocycles. The molecular weight excluding hydrogens is 283 g/mol. The molecule has 0 spiro atoms. The van der Waals surface area contributed by atoms with E-state index in [2.05, 4.69) is 36.9 Å². The number of halogens is 1. The second-order valence-electron chi connectivity index (χ2n) is 6.32. The van der Waals surface area contributed by atoms with E-state index in [1.807, 2.05) is 18.2 Å². The second kappa shape index (κ2) is 7.41. The molecular formula is C22H23F. The molecule has 2 aromatic rings. The lowest BCUT2D eigenvalue weighted by molar-refractivity contribution is 0.454. The fourth-order valence-electron chi connectivity index (χ4n) is 3.29. The van der Waals surface area contributed by atoms with Gasteiger partial charge in [0, 0.05) is 0 Å². The Hall–Kier alpha value is -2.15. The van der Waals surface area contributed by atoms with E-state index in [4.69, 9.17) is 0 Å². The van der Waals surface area contributed by atoms with Crippen LogP contribution in [-0.4, -0.2) is 0 Å². The summed E-state index contributed by atoms with van der Waals surface area (Å²) in [5, 5.41) is 0. The summed E-state index contributed by atoms with van der Waals surface area (Å²) < 4.78 is 13.0. The summed E-state index contributed by atoms with van der Waals surface area (Å²) in [6, 6.07) is 15.3. The van der Waals surface area contributed by atoms with Gasteiger partial charge in [-0.15, -0.1) is 6.58 Å². The van der Waals surface area contributed by atoms with Gasteiger partial charge in [0.25, 0.3) is 0 Å². The molecule has 118 valence electrons. The van der Waals surface area contributed by atoms with Crippen LogP contribution in [0.15, 0.2) is 67.3 Å². The lowest BCUT2D eigenvalue weighted by Crippen LogP contribution is -2.05. The third-order valence-corrected chi connectivity index (χ3v) is 4.73. The highest BCUT2D eigenvalue weighted by Crippen LogP contribution is 2.33. The van der Waals surface area contributed by atoms with Crippen molar-refractivity contribution in [1.29, 1.82) is 0 Å². The first-order valence-electron chi connectivity index (χ1n) is 8.42.